The van der Waals surface area contributed by atoms with Crippen molar-refractivity contribution in [3.05, 3.63) is 33.1 Å². The Labute approximate surface area is 101 Å². The highest BCUT2D eigenvalue weighted by Crippen LogP contribution is 2.39. The maximum atomic E-state index is 11.5. The zero-order valence-corrected chi connectivity index (χ0v) is 10.1. The van der Waals surface area contributed by atoms with E-state index in [2.05, 4.69) is 5.32 Å². The van der Waals surface area contributed by atoms with E-state index < -0.39 is 0 Å². The summed E-state index contributed by atoms with van der Waals surface area (Å²) < 4.78 is 0.922. The number of hydrogen-bond acceptors (Lipinski definition) is 2. The smallest absolute Gasteiger partial charge is 0.262 e. The summed E-state index contributed by atoms with van der Waals surface area (Å²) in [7, 11) is 1.57. The van der Waals surface area contributed by atoms with E-state index in [1.807, 2.05) is 12.1 Å². The van der Waals surface area contributed by atoms with Crippen LogP contribution in [-0.4, -0.2) is 13.0 Å². The lowest BCUT2D eigenvalue weighted by Crippen LogP contribution is -2.16. The molecule has 1 aromatic carbocycles. The van der Waals surface area contributed by atoms with Crippen LogP contribution in [-0.2, 0) is 0 Å². The van der Waals surface area contributed by atoms with Crippen molar-refractivity contribution in [2.24, 2.45) is 0 Å². The number of carbonyl (C=O) groups excluding carboxylic acids is 1. The number of fused-ring (bicyclic) bond motifs is 1. The normalized spacial score (nSPS) is 10.6. The van der Waals surface area contributed by atoms with Crippen LogP contribution in [0.3, 0.4) is 0 Å². The zero-order chi connectivity index (χ0) is 11.0. The van der Waals surface area contributed by atoms with Crippen LogP contribution < -0.4 is 5.32 Å². The molecular weight excluding hydrogens is 253 g/mol. The highest BCUT2D eigenvalue weighted by molar-refractivity contribution is 7.21. The van der Waals surface area contributed by atoms with E-state index in [0.717, 1.165) is 10.1 Å². The number of amides is 1. The lowest BCUT2D eigenvalue weighted by molar-refractivity contribution is 0.0967. The number of carbonyl (C=O) groups is 1. The van der Waals surface area contributed by atoms with Gasteiger partial charge in [0.05, 0.1) is 10.0 Å². The van der Waals surface area contributed by atoms with E-state index in [-0.39, 0.29) is 5.91 Å². The van der Waals surface area contributed by atoms with Crippen molar-refractivity contribution >= 4 is 50.5 Å². The minimum absolute atomic E-state index is 0.183. The van der Waals surface area contributed by atoms with Crippen molar-refractivity contribution in [2.75, 3.05) is 7.05 Å². The van der Waals surface area contributed by atoms with Crippen molar-refractivity contribution in [2.45, 2.75) is 0 Å². The van der Waals surface area contributed by atoms with Gasteiger partial charge in [-0.15, -0.1) is 11.3 Å². The van der Waals surface area contributed by atoms with Gasteiger partial charge in [-0.3, -0.25) is 4.79 Å². The summed E-state index contributed by atoms with van der Waals surface area (Å²) in [4.78, 5) is 12.0. The van der Waals surface area contributed by atoms with Crippen molar-refractivity contribution in [1.29, 1.82) is 0 Å². The largest absolute Gasteiger partial charge is 0.354 e. The Balaban J connectivity index is 2.75. The first-order chi connectivity index (χ1) is 7.15. The predicted molar refractivity (Wildman–Crippen MR) is 65.2 cm³/mol. The Bertz CT molecular complexity index is 535. The Morgan fingerprint density at radius 1 is 1.40 bits per heavy atom. The molecule has 0 saturated heterocycles. The van der Waals surface area contributed by atoms with Crippen LogP contribution in [0.15, 0.2) is 18.2 Å². The summed E-state index contributed by atoms with van der Waals surface area (Å²) in [6, 6.07) is 5.49. The molecule has 1 heterocycles. The van der Waals surface area contributed by atoms with Gasteiger partial charge in [-0.05, 0) is 12.1 Å². The summed E-state index contributed by atoms with van der Waals surface area (Å²) in [6.07, 6.45) is 0. The molecule has 2 aromatic rings. The lowest BCUT2D eigenvalue weighted by atomic mass is 10.2. The van der Waals surface area contributed by atoms with Crippen LogP contribution >= 0.6 is 34.5 Å². The second-order valence-electron chi connectivity index (χ2n) is 2.94. The first-order valence-corrected chi connectivity index (χ1v) is 5.81. The number of hydrogen-bond donors (Lipinski definition) is 1. The maximum absolute atomic E-state index is 11.5. The van der Waals surface area contributed by atoms with Crippen molar-refractivity contribution in [3.63, 3.8) is 0 Å². The van der Waals surface area contributed by atoms with E-state index in [0.29, 0.717) is 14.9 Å². The van der Waals surface area contributed by atoms with Gasteiger partial charge in [-0.2, -0.15) is 0 Å². The Hall–Kier alpha value is -0.770. The van der Waals surface area contributed by atoms with Gasteiger partial charge in [0.15, 0.2) is 0 Å². The third kappa shape index (κ3) is 1.71. The molecule has 0 aliphatic heterocycles. The Kier molecular flexibility index (Phi) is 2.87. The molecular formula is C10H7Cl2NOS. The average molecular weight is 260 g/mol. The van der Waals surface area contributed by atoms with Crippen LogP contribution in [0, 0.1) is 0 Å². The summed E-state index contributed by atoms with van der Waals surface area (Å²) in [5.74, 6) is -0.183. The molecule has 0 unspecified atom stereocenters. The maximum Gasteiger partial charge on any atom is 0.262 e. The quantitative estimate of drug-likeness (QED) is 0.834. The molecule has 0 fully saturated rings. The Morgan fingerprint density at radius 2 is 2.13 bits per heavy atom. The van der Waals surface area contributed by atoms with Gasteiger partial charge in [0.1, 0.15) is 4.88 Å². The standard InChI is InChI=1S/C10H7Cl2NOS/c1-13-10(14)9-8(12)7-5(11)3-2-4-6(7)15-9/h2-4H,1H3,(H,13,14). The third-order valence-corrected chi connectivity index (χ3v) is 4.00. The SMILES string of the molecule is CNC(=O)c1sc2cccc(Cl)c2c1Cl. The molecule has 1 amide bonds. The highest BCUT2D eigenvalue weighted by Gasteiger charge is 2.17. The van der Waals surface area contributed by atoms with Crippen LogP contribution in [0.1, 0.15) is 9.67 Å². The predicted octanol–water partition coefficient (Wildman–Crippen LogP) is 3.57. The number of benzene rings is 1. The summed E-state index contributed by atoms with van der Waals surface area (Å²) in [6.45, 7) is 0. The van der Waals surface area contributed by atoms with Crippen LogP contribution in [0.25, 0.3) is 10.1 Å². The van der Waals surface area contributed by atoms with Gasteiger partial charge in [0.25, 0.3) is 5.91 Å². The molecule has 0 aliphatic rings. The first kappa shape index (κ1) is 10.7. The van der Waals surface area contributed by atoms with Gasteiger partial charge in [-0.25, -0.2) is 0 Å². The number of halogens is 2. The number of rotatable bonds is 1. The molecule has 0 radical (unpaired) electrons. The molecule has 0 saturated carbocycles. The fourth-order valence-corrected chi connectivity index (χ4v) is 3.23. The van der Waals surface area contributed by atoms with Crippen molar-refractivity contribution < 1.29 is 4.79 Å². The topological polar surface area (TPSA) is 29.1 Å². The molecule has 1 aromatic heterocycles. The molecule has 1 N–H and O–H groups in total. The average Bonchev–Trinajstić information content (AvgIpc) is 2.56. The monoisotopic (exact) mass is 259 g/mol. The summed E-state index contributed by atoms with van der Waals surface area (Å²) in [5.41, 5.74) is 0. The van der Waals surface area contributed by atoms with Gasteiger partial charge < -0.3 is 5.32 Å². The summed E-state index contributed by atoms with van der Waals surface area (Å²) in [5, 5.41) is 4.30. The minimum Gasteiger partial charge on any atom is -0.354 e. The van der Waals surface area contributed by atoms with Crippen LogP contribution in [0.4, 0.5) is 0 Å². The molecule has 2 rings (SSSR count). The lowest BCUT2D eigenvalue weighted by Gasteiger charge is -1.95. The molecule has 0 aliphatic carbocycles. The van der Waals surface area contributed by atoms with E-state index in [4.69, 9.17) is 23.2 Å². The molecule has 15 heavy (non-hydrogen) atoms. The zero-order valence-electron chi connectivity index (χ0n) is 7.80. The van der Waals surface area contributed by atoms with Crippen LogP contribution in [0.2, 0.25) is 10.0 Å². The highest BCUT2D eigenvalue weighted by atomic mass is 35.5. The van der Waals surface area contributed by atoms with Gasteiger partial charge in [-0.1, -0.05) is 29.3 Å². The van der Waals surface area contributed by atoms with Gasteiger partial charge in [0, 0.05) is 17.1 Å². The third-order valence-electron chi connectivity index (χ3n) is 2.04. The second-order valence-corrected chi connectivity index (χ2v) is 4.77. The molecule has 5 heteroatoms. The first-order valence-electron chi connectivity index (χ1n) is 4.23. The Morgan fingerprint density at radius 3 is 2.73 bits per heavy atom. The fraction of sp³-hybridized carbons (Fsp3) is 0.100. The molecule has 0 spiro atoms. The number of nitrogens with one attached hydrogen (secondary N) is 1. The molecule has 78 valence electrons. The molecule has 2 nitrogen and oxygen atoms in total. The van der Waals surface area contributed by atoms with Crippen LogP contribution in [0.5, 0.6) is 0 Å². The van der Waals surface area contributed by atoms with E-state index in [9.17, 15) is 4.79 Å². The van der Waals surface area contributed by atoms with E-state index in [1.54, 1.807) is 13.1 Å². The van der Waals surface area contributed by atoms with Crippen molar-refractivity contribution in [3.8, 4) is 0 Å². The van der Waals surface area contributed by atoms with E-state index >= 15 is 0 Å². The second kappa shape index (κ2) is 4.00. The fourth-order valence-electron chi connectivity index (χ4n) is 1.33. The minimum atomic E-state index is -0.183. The van der Waals surface area contributed by atoms with Crippen molar-refractivity contribution in [1.82, 2.24) is 5.32 Å². The van der Waals surface area contributed by atoms with Gasteiger partial charge in [0.2, 0.25) is 0 Å². The summed E-state index contributed by atoms with van der Waals surface area (Å²) >= 11 is 13.5. The van der Waals surface area contributed by atoms with Gasteiger partial charge >= 0.3 is 0 Å². The number of thiophene rings is 1. The molecule has 0 atom stereocenters. The molecule has 0 bridgehead atoms. The van der Waals surface area contributed by atoms with E-state index in [1.165, 1.54) is 11.3 Å².